The summed E-state index contributed by atoms with van der Waals surface area (Å²) in [5.41, 5.74) is 4.94. The third kappa shape index (κ3) is 3.82. The van der Waals surface area contributed by atoms with E-state index in [2.05, 4.69) is 59.0 Å². The zero-order valence-electron chi connectivity index (χ0n) is 26.2. The number of nitrogens with one attached hydrogen (secondary N) is 1. The van der Waals surface area contributed by atoms with Crippen LogP contribution in [0, 0.1) is 50.7 Å². The number of fused-ring (bicyclic) bond motifs is 7. The summed E-state index contributed by atoms with van der Waals surface area (Å²) in [6, 6.07) is 0. The molecule has 0 spiro atoms. The van der Waals surface area contributed by atoms with Crippen molar-refractivity contribution in [2.45, 2.75) is 119 Å². The average Bonchev–Trinajstić information content (AvgIpc) is 3.17. The Labute approximate surface area is 246 Å². The number of hydrogen-bond donors (Lipinski definition) is 1. The molecule has 0 aromatic carbocycles. The Morgan fingerprint density at radius 3 is 2.27 bits per heavy atom. The smallest absolute Gasteiger partial charge is 0.302 e. The molecule has 1 N–H and O–H groups in total. The van der Waals surface area contributed by atoms with Crippen LogP contribution in [-0.2, 0) is 18.6 Å². The van der Waals surface area contributed by atoms with Crippen LogP contribution in [0.5, 0.6) is 0 Å². The number of nitrogens with zero attached hydrogens (tertiary/aromatic N) is 1. The van der Waals surface area contributed by atoms with Gasteiger partial charge in [0.25, 0.3) is 0 Å². The summed E-state index contributed by atoms with van der Waals surface area (Å²) in [6.45, 7) is 18.2. The molecule has 0 aromatic rings. The molecule has 5 aliphatic rings. The predicted molar refractivity (Wildman–Crippen MR) is 158 cm³/mol. The molecule has 6 nitrogen and oxygen atoms in total. The summed E-state index contributed by atoms with van der Waals surface area (Å²) in [5, 5.41) is 4.49. The van der Waals surface area contributed by atoms with Crippen molar-refractivity contribution in [1.29, 1.82) is 0 Å². The van der Waals surface area contributed by atoms with Gasteiger partial charge in [-0.05, 0) is 102 Å². The van der Waals surface area contributed by atoms with E-state index in [0.29, 0.717) is 30.1 Å². The van der Waals surface area contributed by atoms with Crippen molar-refractivity contribution in [2.24, 2.45) is 55.8 Å². The van der Waals surface area contributed by atoms with Crippen LogP contribution >= 0.6 is 11.9 Å². The molecule has 0 heterocycles. The highest BCUT2D eigenvalue weighted by Gasteiger charge is 2.71. The van der Waals surface area contributed by atoms with E-state index in [1.165, 1.54) is 5.57 Å². The summed E-state index contributed by atoms with van der Waals surface area (Å²) < 4.78 is 11.3. The molecular weight excluding hydrogens is 524 g/mol. The molecule has 0 bridgehead atoms. The molecule has 0 radical (unpaired) electrons. The molecule has 5 rings (SSSR count). The number of halogens is 1. The number of carbonyl (C=O) groups excluding carboxylic acids is 2. The lowest BCUT2D eigenvalue weighted by Crippen LogP contribution is -2.66. The van der Waals surface area contributed by atoms with Crippen molar-refractivity contribution in [1.82, 2.24) is 5.43 Å². The van der Waals surface area contributed by atoms with Crippen LogP contribution in [-0.4, -0.2) is 30.8 Å². The largest absolute Gasteiger partial charge is 0.462 e. The Hall–Kier alpha value is -1.56. The van der Waals surface area contributed by atoms with Gasteiger partial charge in [0.15, 0.2) is 5.78 Å². The Balaban J connectivity index is 1.58. The van der Waals surface area contributed by atoms with E-state index in [0.717, 1.165) is 56.9 Å². The molecule has 0 aliphatic heterocycles. The second-order valence-electron chi connectivity index (χ2n) is 15.5. The van der Waals surface area contributed by atoms with Crippen LogP contribution in [0.15, 0.2) is 16.2 Å². The molecule has 4 fully saturated rings. The van der Waals surface area contributed by atoms with Crippen LogP contribution in [0.2, 0.25) is 0 Å². The number of hydrazone groups is 1. The fourth-order valence-electron chi connectivity index (χ4n) is 11.6. The molecule has 4 saturated carbocycles. The molecule has 224 valence electrons. The van der Waals surface area contributed by atoms with Gasteiger partial charge in [-0.15, -0.1) is 5.10 Å². The molecule has 0 unspecified atom stereocenters. The number of carbonyl (C=O) groups is 2. The second-order valence-corrected chi connectivity index (χ2v) is 15.6. The van der Waals surface area contributed by atoms with Crippen molar-refractivity contribution in [3.63, 3.8) is 0 Å². The van der Waals surface area contributed by atoms with Crippen LogP contribution in [0.25, 0.3) is 0 Å². The van der Waals surface area contributed by atoms with Crippen LogP contribution < -0.4 is 5.43 Å². The van der Waals surface area contributed by atoms with Gasteiger partial charge in [-0.2, -0.15) is 0 Å². The maximum absolute atomic E-state index is 13.7. The van der Waals surface area contributed by atoms with E-state index in [1.807, 2.05) is 0 Å². The first-order valence-corrected chi connectivity index (χ1v) is 15.9. The van der Waals surface area contributed by atoms with E-state index in [4.69, 9.17) is 20.9 Å². The van der Waals surface area contributed by atoms with Gasteiger partial charge in [0.2, 0.25) is 5.90 Å². The number of ketones is 1. The van der Waals surface area contributed by atoms with Gasteiger partial charge in [0, 0.05) is 25.8 Å². The second kappa shape index (κ2) is 9.74. The van der Waals surface area contributed by atoms with Gasteiger partial charge in [-0.1, -0.05) is 48.5 Å². The fourth-order valence-corrected chi connectivity index (χ4v) is 11.7. The van der Waals surface area contributed by atoms with Crippen LogP contribution in [0.1, 0.15) is 113 Å². The zero-order chi connectivity index (χ0) is 29.5. The van der Waals surface area contributed by atoms with Crippen molar-refractivity contribution >= 4 is 29.5 Å². The fraction of sp³-hybridized carbons (Fsp3) is 0.848. The average molecular weight is 575 g/mol. The number of allylic oxidation sites excluding steroid dienone is 1. The highest BCUT2D eigenvalue weighted by Crippen LogP contribution is 2.76. The molecule has 0 aromatic heterocycles. The summed E-state index contributed by atoms with van der Waals surface area (Å²) in [7, 11) is 1.76. The molecule has 7 heteroatoms. The zero-order valence-corrected chi connectivity index (χ0v) is 27.0. The monoisotopic (exact) mass is 574 g/mol. The number of rotatable bonds is 4. The lowest BCUT2D eigenvalue weighted by molar-refractivity contribution is -0.231. The summed E-state index contributed by atoms with van der Waals surface area (Å²) >= 11 is 6.09. The minimum atomic E-state index is -0.556. The Morgan fingerprint density at radius 1 is 0.975 bits per heavy atom. The van der Waals surface area contributed by atoms with Crippen molar-refractivity contribution in [3.8, 4) is 0 Å². The van der Waals surface area contributed by atoms with Gasteiger partial charge < -0.3 is 14.5 Å². The molecular formula is C33H51ClN2O4. The van der Waals surface area contributed by atoms with E-state index in [-0.39, 0.29) is 45.4 Å². The van der Waals surface area contributed by atoms with Gasteiger partial charge in [0.1, 0.15) is 18.0 Å². The lowest BCUT2D eigenvalue weighted by atomic mass is 9.33. The minimum absolute atomic E-state index is 0.0154. The Kier molecular flexibility index (Phi) is 7.29. The number of Topliss-reactive ketones (excluding diaryl/α,β-unsaturated/α-hetero) is 1. The molecule has 40 heavy (non-hydrogen) atoms. The van der Waals surface area contributed by atoms with Gasteiger partial charge >= 0.3 is 5.97 Å². The predicted octanol–water partition coefficient (Wildman–Crippen LogP) is 7.60. The van der Waals surface area contributed by atoms with Crippen molar-refractivity contribution in [2.75, 3.05) is 7.05 Å². The van der Waals surface area contributed by atoms with Gasteiger partial charge in [-0.25, -0.2) is 0 Å². The van der Waals surface area contributed by atoms with Crippen molar-refractivity contribution < 1.29 is 18.6 Å². The minimum Gasteiger partial charge on any atom is -0.462 e. The van der Waals surface area contributed by atoms with E-state index < -0.39 is 5.41 Å². The third-order valence-electron chi connectivity index (χ3n) is 13.4. The highest BCUT2D eigenvalue weighted by atomic mass is 35.5. The van der Waals surface area contributed by atoms with Crippen molar-refractivity contribution in [3.05, 3.63) is 11.1 Å². The van der Waals surface area contributed by atoms with Gasteiger partial charge in [0.05, 0.1) is 5.41 Å². The Morgan fingerprint density at radius 2 is 1.68 bits per heavy atom. The molecule has 8 atom stereocenters. The summed E-state index contributed by atoms with van der Waals surface area (Å²) in [5.74, 6) is 2.06. The lowest BCUT2D eigenvalue weighted by Gasteiger charge is -2.72. The number of ether oxygens (including phenoxy) is 1. The van der Waals surface area contributed by atoms with Crippen LogP contribution in [0.3, 0.4) is 0 Å². The van der Waals surface area contributed by atoms with Crippen LogP contribution in [0.4, 0.5) is 0 Å². The quantitative estimate of drug-likeness (QED) is 0.162. The molecule has 0 amide bonds. The first-order valence-electron chi connectivity index (χ1n) is 15.6. The third-order valence-corrected chi connectivity index (χ3v) is 13.5. The van der Waals surface area contributed by atoms with E-state index in [1.54, 1.807) is 14.0 Å². The summed E-state index contributed by atoms with van der Waals surface area (Å²) in [4.78, 5) is 25.7. The standard InChI is InChI=1S/C33H51ClN2O4/c1-19(2)26-22(38)18-33(28(40-34)36-35-9)17-16-31(7)21(27(26)33)10-11-24-30(6)14-13-25(39-20(3)37)29(4,5)23(30)12-15-32(24,31)8/h19,21,23-25,35H,10-18H2,1-9H3/b36-28-/t21-,23+,24-,25+,30+,31-,32-,33-/m1/s1. The number of hydrogen-bond acceptors (Lipinski definition) is 6. The first kappa shape index (κ1) is 29.9. The Bertz CT molecular complexity index is 1150. The highest BCUT2D eigenvalue weighted by molar-refractivity contribution is 6.17. The SMILES string of the molecule is CN/N=C(\OCl)[C@@]12CC[C@]3(C)[C@H](CC[C@@H]4[C@@]5(C)CC[C@H](OC(C)=O)C(C)(C)[C@@H]5CC[C@]43C)C1=C(C(C)C)C(=O)C2. The van der Waals surface area contributed by atoms with E-state index in [9.17, 15) is 9.59 Å². The normalized spacial score (nSPS) is 44.4. The van der Waals surface area contributed by atoms with Gasteiger partial charge in [-0.3, -0.25) is 9.59 Å². The maximum atomic E-state index is 13.7. The number of esters is 1. The topological polar surface area (TPSA) is 77.0 Å². The first-order chi connectivity index (χ1) is 18.6. The summed E-state index contributed by atoms with van der Waals surface area (Å²) in [6.07, 6.45) is 8.80. The molecule has 0 saturated heterocycles. The maximum Gasteiger partial charge on any atom is 0.302 e. The molecule has 5 aliphatic carbocycles. The van der Waals surface area contributed by atoms with E-state index >= 15 is 0 Å².